The fraction of sp³-hybridized carbons (Fsp3) is 0.538. The van der Waals surface area contributed by atoms with Crippen molar-refractivity contribution in [1.29, 1.82) is 0 Å². The predicted octanol–water partition coefficient (Wildman–Crippen LogP) is 2.00. The van der Waals surface area contributed by atoms with E-state index in [4.69, 9.17) is 0 Å². The van der Waals surface area contributed by atoms with E-state index in [1.165, 1.54) is 17.5 Å². The standard InChI is InChI=1S/C13H19NO/c1-11-3-5-12(6-4-11)9-14-10-13(15)7-2-8-13/h3-6,14-15H,2,7-10H2,1H3. The van der Waals surface area contributed by atoms with Crippen molar-refractivity contribution in [1.82, 2.24) is 5.32 Å². The molecule has 0 saturated heterocycles. The van der Waals surface area contributed by atoms with E-state index in [1.54, 1.807) is 0 Å². The Balaban J connectivity index is 1.76. The molecule has 2 nitrogen and oxygen atoms in total. The maximum absolute atomic E-state index is 9.87. The highest BCUT2D eigenvalue weighted by Crippen LogP contribution is 2.30. The van der Waals surface area contributed by atoms with E-state index in [-0.39, 0.29) is 0 Å². The first-order chi connectivity index (χ1) is 7.18. The summed E-state index contributed by atoms with van der Waals surface area (Å²) in [6, 6.07) is 8.50. The SMILES string of the molecule is Cc1ccc(CNCC2(O)CCC2)cc1. The summed E-state index contributed by atoms with van der Waals surface area (Å²) in [5.41, 5.74) is 2.16. The number of nitrogens with one attached hydrogen (secondary N) is 1. The van der Waals surface area contributed by atoms with E-state index < -0.39 is 5.60 Å². The van der Waals surface area contributed by atoms with E-state index >= 15 is 0 Å². The summed E-state index contributed by atoms with van der Waals surface area (Å²) in [5, 5.41) is 13.2. The van der Waals surface area contributed by atoms with Crippen LogP contribution in [0.4, 0.5) is 0 Å². The number of aryl methyl sites for hydroxylation is 1. The van der Waals surface area contributed by atoms with Crippen LogP contribution in [0.2, 0.25) is 0 Å². The number of rotatable bonds is 4. The van der Waals surface area contributed by atoms with Crippen LogP contribution < -0.4 is 5.32 Å². The van der Waals surface area contributed by atoms with Crippen LogP contribution in [0.15, 0.2) is 24.3 Å². The van der Waals surface area contributed by atoms with Crippen molar-refractivity contribution in [3.63, 3.8) is 0 Å². The number of hydrogen-bond donors (Lipinski definition) is 2. The third-order valence-corrected chi connectivity index (χ3v) is 3.19. The minimum absolute atomic E-state index is 0.412. The molecular formula is C13H19NO. The molecule has 1 saturated carbocycles. The van der Waals surface area contributed by atoms with Crippen molar-refractivity contribution < 1.29 is 5.11 Å². The molecule has 2 rings (SSSR count). The average Bonchev–Trinajstić information content (AvgIpc) is 2.19. The fourth-order valence-corrected chi connectivity index (χ4v) is 1.91. The second kappa shape index (κ2) is 4.33. The summed E-state index contributed by atoms with van der Waals surface area (Å²) in [7, 11) is 0. The van der Waals surface area contributed by atoms with E-state index in [0.717, 1.165) is 25.9 Å². The highest BCUT2D eigenvalue weighted by Gasteiger charge is 2.33. The lowest BCUT2D eigenvalue weighted by Gasteiger charge is -2.36. The highest BCUT2D eigenvalue weighted by molar-refractivity contribution is 5.21. The predicted molar refractivity (Wildman–Crippen MR) is 61.7 cm³/mol. The zero-order valence-corrected chi connectivity index (χ0v) is 9.29. The zero-order chi connectivity index (χ0) is 10.7. The molecule has 82 valence electrons. The largest absolute Gasteiger partial charge is 0.389 e. The molecule has 0 atom stereocenters. The normalized spacial score (nSPS) is 18.5. The minimum atomic E-state index is -0.412. The van der Waals surface area contributed by atoms with Gasteiger partial charge < -0.3 is 10.4 Å². The van der Waals surface area contributed by atoms with Crippen LogP contribution in [0.3, 0.4) is 0 Å². The van der Waals surface area contributed by atoms with E-state index in [2.05, 4.69) is 36.5 Å². The third-order valence-electron chi connectivity index (χ3n) is 3.19. The first-order valence-electron chi connectivity index (χ1n) is 5.67. The van der Waals surface area contributed by atoms with Crippen LogP contribution >= 0.6 is 0 Å². The van der Waals surface area contributed by atoms with Gasteiger partial charge in [0.15, 0.2) is 0 Å². The molecule has 1 aliphatic carbocycles. The van der Waals surface area contributed by atoms with Crippen molar-refractivity contribution in [2.24, 2.45) is 0 Å². The lowest BCUT2D eigenvalue weighted by Crippen LogP contribution is -2.45. The lowest BCUT2D eigenvalue weighted by molar-refractivity contribution is -0.0314. The van der Waals surface area contributed by atoms with Gasteiger partial charge in [-0.05, 0) is 31.7 Å². The van der Waals surface area contributed by atoms with Crippen molar-refractivity contribution >= 4 is 0 Å². The maximum Gasteiger partial charge on any atom is 0.0771 e. The van der Waals surface area contributed by atoms with Crippen LogP contribution in [0.25, 0.3) is 0 Å². The highest BCUT2D eigenvalue weighted by atomic mass is 16.3. The Kier molecular flexibility index (Phi) is 3.08. The maximum atomic E-state index is 9.87. The van der Waals surface area contributed by atoms with Crippen molar-refractivity contribution in [3.8, 4) is 0 Å². The number of hydrogen-bond acceptors (Lipinski definition) is 2. The van der Waals surface area contributed by atoms with E-state index in [1.807, 2.05) is 0 Å². The number of benzene rings is 1. The quantitative estimate of drug-likeness (QED) is 0.788. The molecule has 0 spiro atoms. The third kappa shape index (κ3) is 2.80. The summed E-state index contributed by atoms with van der Waals surface area (Å²) >= 11 is 0. The Morgan fingerprint density at radius 2 is 1.93 bits per heavy atom. The fourth-order valence-electron chi connectivity index (χ4n) is 1.91. The van der Waals surface area contributed by atoms with Gasteiger partial charge in [0.05, 0.1) is 5.60 Å². The first kappa shape index (κ1) is 10.7. The molecule has 2 N–H and O–H groups in total. The van der Waals surface area contributed by atoms with Gasteiger partial charge in [0, 0.05) is 13.1 Å². The molecule has 0 heterocycles. The van der Waals surface area contributed by atoms with Crippen LogP contribution in [-0.2, 0) is 6.54 Å². The minimum Gasteiger partial charge on any atom is -0.389 e. The summed E-state index contributed by atoms with van der Waals surface area (Å²) in [4.78, 5) is 0. The Morgan fingerprint density at radius 1 is 1.27 bits per heavy atom. The van der Waals surface area contributed by atoms with Gasteiger partial charge in [0.2, 0.25) is 0 Å². The zero-order valence-electron chi connectivity index (χ0n) is 9.29. The van der Waals surface area contributed by atoms with Gasteiger partial charge in [-0.15, -0.1) is 0 Å². The van der Waals surface area contributed by atoms with Crippen molar-refractivity contribution in [2.45, 2.75) is 38.3 Å². The molecule has 15 heavy (non-hydrogen) atoms. The molecule has 1 aromatic carbocycles. The number of aliphatic hydroxyl groups is 1. The molecular weight excluding hydrogens is 186 g/mol. The van der Waals surface area contributed by atoms with Gasteiger partial charge in [0.1, 0.15) is 0 Å². The monoisotopic (exact) mass is 205 g/mol. The van der Waals surface area contributed by atoms with Gasteiger partial charge in [-0.3, -0.25) is 0 Å². The van der Waals surface area contributed by atoms with Crippen molar-refractivity contribution in [2.75, 3.05) is 6.54 Å². The Morgan fingerprint density at radius 3 is 2.47 bits per heavy atom. The molecule has 2 heteroatoms. The molecule has 0 aliphatic heterocycles. The summed E-state index contributed by atoms with van der Waals surface area (Å²) in [5.74, 6) is 0. The lowest BCUT2D eigenvalue weighted by atomic mass is 9.80. The van der Waals surface area contributed by atoms with E-state index in [0.29, 0.717) is 0 Å². The van der Waals surface area contributed by atoms with Crippen LogP contribution in [0.5, 0.6) is 0 Å². The molecule has 0 radical (unpaired) electrons. The summed E-state index contributed by atoms with van der Waals surface area (Å²) in [6.07, 6.45) is 3.07. The molecule has 1 fully saturated rings. The molecule has 0 amide bonds. The Hall–Kier alpha value is -0.860. The second-order valence-electron chi connectivity index (χ2n) is 4.67. The van der Waals surface area contributed by atoms with Crippen LogP contribution in [-0.4, -0.2) is 17.3 Å². The van der Waals surface area contributed by atoms with Gasteiger partial charge in [0.25, 0.3) is 0 Å². The van der Waals surface area contributed by atoms with Crippen LogP contribution in [0.1, 0.15) is 30.4 Å². The second-order valence-corrected chi connectivity index (χ2v) is 4.67. The van der Waals surface area contributed by atoms with E-state index in [9.17, 15) is 5.11 Å². The molecule has 0 bridgehead atoms. The summed E-state index contributed by atoms with van der Waals surface area (Å²) < 4.78 is 0. The molecule has 1 aliphatic rings. The van der Waals surface area contributed by atoms with Gasteiger partial charge >= 0.3 is 0 Å². The Bertz CT molecular complexity index is 314. The first-order valence-corrected chi connectivity index (χ1v) is 5.67. The van der Waals surface area contributed by atoms with Gasteiger partial charge in [-0.1, -0.05) is 29.8 Å². The Labute approximate surface area is 91.3 Å². The molecule has 1 aromatic rings. The van der Waals surface area contributed by atoms with Crippen molar-refractivity contribution in [3.05, 3.63) is 35.4 Å². The molecule has 0 unspecified atom stereocenters. The smallest absolute Gasteiger partial charge is 0.0771 e. The topological polar surface area (TPSA) is 32.3 Å². The molecule has 0 aromatic heterocycles. The summed E-state index contributed by atoms with van der Waals surface area (Å²) in [6.45, 7) is 3.66. The van der Waals surface area contributed by atoms with Gasteiger partial charge in [-0.2, -0.15) is 0 Å². The average molecular weight is 205 g/mol. The van der Waals surface area contributed by atoms with Crippen LogP contribution in [0, 0.1) is 6.92 Å². The van der Waals surface area contributed by atoms with Gasteiger partial charge in [-0.25, -0.2) is 0 Å².